The number of halogens is 1. The number of nitrogens with zero attached hydrogens (tertiary/aromatic N) is 4. The summed E-state index contributed by atoms with van der Waals surface area (Å²) in [6, 6.07) is 10.2. The maximum Gasteiger partial charge on any atom is 0.407 e. The molecule has 1 fully saturated rings. The number of carboxylic acid groups (broad SMARTS) is 1. The highest BCUT2D eigenvalue weighted by Gasteiger charge is 2.20. The lowest BCUT2D eigenvalue weighted by Gasteiger charge is -2.23. The van der Waals surface area contributed by atoms with Gasteiger partial charge in [0.2, 0.25) is 0 Å². The highest BCUT2D eigenvalue weighted by molar-refractivity contribution is 14.1. The van der Waals surface area contributed by atoms with E-state index in [2.05, 4.69) is 77.1 Å². The molecule has 0 unspecified atom stereocenters. The monoisotopic (exact) mass is 525 g/mol. The quantitative estimate of drug-likeness (QED) is 0.463. The molecule has 3 aromatic rings. The second-order valence-electron chi connectivity index (χ2n) is 7.68. The first-order valence-corrected chi connectivity index (χ1v) is 11.2. The van der Waals surface area contributed by atoms with Crippen LogP contribution in [0.2, 0.25) is 0 Å². The molecule has 0 bridgehead atoms. The molecule has 7 nitrogen and oxygen atoms in total. The molecule has 4 rings (SSSR count). The summed E-state index contributed by atoms with van der Waals surface area (Å²) >= 11 is 3.92. The Morgan fingerprint density at radius 2 is 1.90 bits per heavy atom. The van der Waals surface area contributed by atoms with Crippen LogP contribution in [0.1, 0.15) is 25.8 Å². The summed E-state index contributed by atoms with van der Waals surface area (Å²) in [5, 5.41) is 21.1. The number of carbonyl (C=O) groups is 1. The summed E-state index contributed by atoms with van der Waals surface area (Å²) in [6.07, 6.45) is -0.809. The Kier molecular flexibility index (Phi) is 7.01. The summed E-state index contributed by atoms with van der Waals surface area (Å²) in [5.41, 5.74) is 3.02. The molecule has 2 aromatic heterocycles. The number of rotatable bonds is 1. The molecule has 0 radical (unpaired) electrons. The number of aromatic nitrogens is 3. The number of hydrogen-bond acceptors (Lipinski definition) is 6. The standard InChI is InChI=1S/C15H14IN3S.C5H10N2O2/c1-15(2,3)14-17-13-9(5-4-6-11(13)20-14)10-7-8-12(16)19-18-10;8-5(9)7-3-1-6-2-4-7/h4-8H,1-3H3;6H,1-4H2,(H,8,9). The van der Waals surface area contributed by atoms with Crippen molar-refractivity contribution in [3.05, 3.63) is 39.0 Å². The van der Waals surface area contributed by atoms with Crippen molar-refractivity contribution in [3.8, 4) is 11.3 Å². The lowest BCUT2D eigenvalue weighted by Crippen LogP contribution is -2.45. The van der Waals surface area contributed by atoms with E-state index < -0.39 is 6.09 Å². The Morgan fingerprint density at radius 1 is 1.17 bits per heavy atom. The van der Waals surface area contributed by atoms with Crippen LogP contribution in [0.15, 0.2) is 30.3 Å². The molecule has 1 amide bonds. The van der Waals surface area contributed by atoms with E-state index in [-0.39, 0.29) is 5.41 Å². The molecule has 0 atom stereocenters. The van der Waals surface area contributed by atoms with E-state index in [4.69, 9.17) is 10.1 Å². The van der Waals surface area contributed by atoms with E-state index >= 15 is 0 Å². The van der Waals surface area contributed by atoms with Crippen molar-refractivity contribution in [2.24, 2.45) is 0 Å². The van der Waals surface area contributed by atoms with Crippen LogP contribution in [0.3, 0.4) is 0 Å². The summed E-state index contributed by atoms with van der Waals surface area (Å²) in [5.74, 6) is 0. The Balaban J connectivity index is 0.000000224. The van der Waals surface area contributed by atoms with Gasteiger partial charge in [-0.25, -0.2) is 9.78 Å². The molecular weight excluding hydrogens is 501 g/mol. The van der Waals surface area contributed by atoms with Gasteiger partial charge in [-0.05, 0) is 40.8 Å². The minimum atomic E-state index is -0.809. The molecule has 1 aromatic carbocycles. The molecule has 2 N–H and O–H groups in total. The lowest BCUT2D eigenvalue weighted by molar-refractivity contribution is 0.139. The van der Waals surface area contributed by atoms with Crippen LogP contribution in [0, 0.1) is 3.70 Å². The predicted molar refractivity (Wildman–Crippen MR) is 125 cm³/mol. The molecule has 3 heterocycles. The van der Waals surface area contributed by atoms with Crippen molar-refractivity contribution in [1.29, 1.82) is 0 Å². The number of amides is 1. The summed E-state index contributed by atoms with van der Waals surface area (Å²) in [4.78, 5) is 16.5. The second kappa shape index (κ2) is 9.31. The number of fused-ring (bicyclic) bond motifs is 1. The molecule has 154 valence electrons. The summed E-state index contributed by atoms with van der Waals surface area (Å²) in [7, 11) is 0. The van der Waals surface area contributed by atoms with Crippen molar-refractivity contribution in [3.63, 3.8) is 0 Å². The van der Waals surface area contributed by atoms with Crippen LogP contribution in [0.4, 0.5) is 4.79 Å². The number of piperazine rings is 1. The molecule has 0 spiro atoms. The van der Waals surface area contributed by atoms with Crippen molar-refractivity contribution in [2.75, 3.05) is 26.2 Å². The Labute approximate surface area is 187 Å². The van der Waals surface area contributed by atoms with E-state index in [1.807, 2.05) is 12.1 Å². The molecule has 0 saturated carbocycles. The average Bonchev–Trinajstić information content (AvgIpc) is 3.15. The smallest absolute Gasteiger partial charge is 0.407 e. The highest BCUT2D eigenvalue weighted by atomic mass is 127. The van der Waals surface area contributed by atoms with Gasteiger partial charge in [-0.3, -0.25) is 0 Å². The van der Waals surface area contributed by atoms with Crippen molar-refractivity contribution in [1.82, 2.24) is 25.4 Å². The molecule has 1 aliphatic heterocycles. The Hall–Kier alpha value is -1.85. The van der Waals surface area contributed by atoms with Crippen LogP contribution in [0.25, 0.3) is 21.5 Å². The van der Waals surface area contributed by atoms with Gasteiger partial charge in [0.1, 0.15) is 3.70 Å². The molecule has 1 saturated heterocycles. The molecule has 1 aliphatic rings. The van der Waals surface area contributed by atoms with Gasteiger partial charge in [0.25, 0.3) is 0 Å². The van der Waals surface area contributed by atoms with Gasteiger partial charge in [0.05, 0.1) is 20.9 Å². The van der Waals surface area contributed by atoms with Gasteiger partial charge in [-0.2, -0.15) is 0 Å². The molecule has 29 heavy (non-hydrogen) atoms. The third kappa shape index (κ3) is 5.61. The number of nitrogens with one attached hydrogen (secondary N) is 1. The predicted octanol–water partition coefficient (Wildman–Crippen LogP) is 4.23. The van der Waals surface area contributed by atoms with E-state index in [1.165, 1.54) is 9.60 Å². The topological polar surface area (TPSA) is 91.2 Å². The maximum absolute atomic E-state index is 10.3. The van der Waals surface area contributed by atoms with Crippen molar-refractivity contribution >= 4 is 50.2 Å². The van der Waals surface area contributed by atoms with Crippen LogP contribution < -0.4 is 5.32 Å². The number of thiazole rings is 1. The highest BCUT2D eigenvalue weighted by Crippen LogP contribution is 2.35. The first kappa shape index (κ1) is 21.8. The third-order valence-electron chi connectivity index (χ3n) is 4.36. The van der Waals surface area contributed by atoms with Crippen LogP contribution in [0.5, 0.6) is 0 Å². The van der Waals surface area contributed by atoms with Gasteiger partial charge in [0.15, 0.2) is 0 Å². The number of para-hydroxylation sites is 1. The fourth-order valence-corrected chi connectivity index (χ4v) is 4.13. The minimum absolute atomic E-state index is 0.0682. The van der Waals surface area contributed by atoms with Gasteiger partial charge >= 0.3 is 6.09 Å². The van der Waals surface area contributed by atoms with E-state index in [0.29, 0.717) is 13.1 Å². The number of benzene rings is 1. The molecule has 9 heteroatoms. The van der Waals surface area contributed by atoms with Crippen LogP contribution in [-0.4, -0.2) is 57.5 Å². The fraction of sp³-hybridized carbons (Fsp3) is 0.400. The summed E-state index contributed by atoms with van der Waals surface area (Å²) < 4.78 is 2.10. The maximum atomic E-state index is 10.3. The van der Waals surface area contributed by atoms with Gasteiger partial charge in [-0.15, -0.1) is 21.5 Å². The van der Waals surface area contributed by atoms with E-state index in [0.717, 1.165) is 38.6 Å². The van der Waals surface area contributed by atoms with Crippen LogP contribution in [-0.2, 0) is 5.41 Å². The third-order valence-corrected chi connectivity index (χ3v) is 6.38. The zero-order chi connectivity index (χ0) is 21.0. The normalized spacial score (nSPS) is 14.4. The van der Waals surface area contributed by atoms with Crippen molar-refractivity contribution in [2.45, 2.75) is 26.2 Å². The van der Waals surface area contributed by atoms with Gasteiger partial charge in [-0.1, -0.05) is 32.9 Å². The second-order valence-corrected chi connectivity index (χ2v) is 9.82. The molecular formula is C20H24IN5O2S. The first-order valence-electron chi connectivity index (χ1n) is 9.34. The zero-order valence-corrected chi connectivity index (χ0v) is 19.6. The fourth-order valence-electron chi connectivity index (χ4n) is 2.79. The Morgan fingerprint density at radius 3 is 2.45 bits per heavy atom. The molecule has 0 aliphatic carbocycles. The van der Waals surface area contributed by atoms with Gasteiger partial charge < -0.3 is 15.3 Å². The van der Waals surface area contributed by atoms with Crippen molar-refractivity contribution < 1.29 is 9.90 Å². The largest absolute Gasteiger partial charge is 0.465 e. The zero-order valence-electron chi connectivity index (χ0n) is 16.6. The van der Waals surface area contributed by atoms with Crippen LogP contribution >= 0.6 is 33.9 Å². The number of hydrogen-bond donors (Lipinski definition) is 2. The average molecular weight is 525 g/mol. The Bertz CT molecular complexity index is 979. The SMILES string of the molecule is CC(C)(C)c1nc2c(-c3ccc(I)nn3)cccc2s1.O=C(O)N1CCNCC1. The minimum Gasteiger partial charge on any atom is -0.465 e. The van der Waals surface area contributed by atoms with E-state index in [1.54, 1.807) is 11.3 Å². The van der Waals surface area contributed by atoms with E-state index in [9.17, 15) is 4.79 Å². The first-order chi connectivity index (χ1) is 13.8. The lowest BCUT2D eigenvalue weighted by atomic mass is 9.98. The van der Waals surface area contributed by atoms with Gasteiger partial charge in [0, 0.05) is 37.2 Å². The summed E-state index contributed by atoms with van der Waals surface area (Å²) in [6.45, 7) is 9.38.